The van der Waals surface area contributed by atoms with E-state index in [1.807, 2.05) is 24.4 Å². The number of anilines is 2. The van der Waals surface area contributed by atoms with Crippen molar-refractivity contribution >= 4 is 22.9 Å². The number of benzene rings is 1. The van der Waals surface area contributed by atoms with Gasteiger partial charge in [-0.1, -0.05) is 0 Å². The molecule has 1 fully saturated rings. The number of fused-ring (bicyclic) bond motifs is 2. The van der Waals surface area contributed by atoms with Gasteiger partial charge in [0, 0.05) is 56.6 Å². The maximum absolute atomic E-state index is 11.3. The standard InChI is InChI=1S/C24H31N7O4/c1-24(33)11-17-9-19(27-16-34-14-18-12-28-31-4-2-3-26-23(18)31)20(10-21(17)35-15-24)30-7-5-29(6-8-30)13-22(25)32/h2-4,9-10,12,27,33H,5-8,11,13-16H2,1H3,(H2,25,32)/t24-/m0/s1. The van der Waals surface area contributed by atoms with E-state index in [9.17, 15) is 9.90 Å². The van der Waals surface area contributed by atoms with E-state index in [0.29, 0.717) is 13.0 Å². The van der Waals surface area contributed by atoms with Crippen molar-refractivity contribution in [3.63, 3.8) is 0 Å². The highest BCUT2D eigenvalue weighted by Crippen LogP contribution is 2.38. The van der Waals surface area contributed by atoms with Crippen molar-refractivity contribution in [1.29, 1.82) is 0 Å². The summed E-state index contributed by atoms with van der Waals surface area (Å²) in [6.07, 6.45) is 5.86. The Labute approximate surface area is 203 Å². The van der Waals surface area contributed by atoms with Crippen LogP contribution in [-0.2, 0) is 22.6 Å². The number of piperazine rings is 1. The lowest BCUT2D eigenvalue weighted by Crippen LogP contribution is -2.49. The largest absolute Gasteiger partial charge is 0.490 e. The van der Waals surface area contributed by atoms with Crippen LogP contribution in [0, 0.1) is 0 Å². The van der Waals surface area contributed by atoms with Gasteiger partial charge >= 0.3 is 0 Å². The number of amides is 1. The molecule has 0 saturated carbocycles. The van der Waals surface area contributed by atoms with Crippen LogP contribution in [0.15, 0.2) is 36.8 Å². The summed E-state index contributed by atoms with van der Waals surface area (Å²) in [6.45, 7) is 5.97. The van der Waals surface area contributed by atoms with E-state index in [0.717, 1.165) is 60.1 Å². The van der Waals surface area contributed by atoms with Crippen molar-refractivity contribution in [2.75, 3.05) is 56.3 Å². The van der Waals surface area contributed by atoms with Crippen LogP contribution in [0.4, 0.5) is 11.4 Å². The number of ether oxygens (including phenoxy) is 2. The maximum Gasteiger partial charge on any atom is 0.231 e. The number of hydrogen-bond donors (Lipinski definition) is 3. The fourth-order valence-electron chi connectivity index (χ4n) is 4.62. The molecule has 2 aliphatic heterocycles. The minimum absolute atomic E-state index is 0.259. The van der Waals surface area contributed by atoms with Crippen molar-refractivity contribution in [3.05, 3.63) is 47.9 Å². The molecule has 1 atom stereocenters. The third-order valence-electron chi connectivity index (χ3n) is 6.36. The number of carbonyl (C=O) groups is 1. The second-order valence-corrected chi connectivity index (χ2v) is 9.40. The molecule has 1 amide bonds. The maximum atomic E-state index is 11.3. The highest BCUT2D eigenvalue weighted by molar-refractivity contribution is 5.76. The summed E-state index contributed by atoms with van der Waals surface area (Å²) < 4.78 is 13.5. The normalized spacial score (nSPS) is 20.5. The molecule has 1 aromatic carbocycles. The Morgan fingerprint density at radius 3 is 2.94 bits per heavy atom. The molecule has 4 heterocycles. The molecule has 11 nitrogen and oxygen atoms in total. The summed E-state index contributed by atoms with van der Waals surface area (Å²) in [4.78, 5) is 20.0. The van der Waals surface area contributed by atoms with E-state index in [-0.39, 0.29) is 25.8 Å². The molecule has 11 heteroatoms. The number of primary amides is 1. The Kier molecular flexibility index (Phi) is 6.46. The van der Waals surface area contributed by atoms with E-state index in [1.165, 1.54) is 0 Å². The van der Waals surface area contributed by atoms with Gasteiger partial charge in [0.05, 0.1) is 36.3 Å². The average molecular weight is 482 g/mol. The number of nitrogens with one attached hydrogen (secondary N) is 1. The molecule has 2 aromatic heterocycles. The molecule has 3 aromatic rings. The van der Waals surface area contributed by atoms with E-state index in [1.54, 1.807) is 23.8 Å². The molecule has 2 aliphatic rings. The van der Waals surface area contributed by atoms with Gasteiger partial charge in [-0.15, -0.1) is 0 Å². The molecule has 186 valence electrons. The van der Waals surface area contributed by atoms with Crippen molar-refractivity contribution in [3.8, 4) is 5.75 Å². The summed E-state index contributed by atoms with van der Waals surface area (Å²) >= 11 is 0. The summed E-state index contributed by atoms with van der Waals surface area (Å²) in [5.41, 5.74) is 9.01. The summed E-state index contributed by atoms with van der Waals surface area (Å²) in [6, 6.07) is 5.90. The number of hydrogen-bond acceptors (Lipinski definition) is 9. The van der Waals surface area contributed by atoms with Crippen molar-refractivity contribution in [2.45, 2.75) is 25.6 Å². The van der Waals surface area contributed by atoms with Gasteiger partial charge in [-0.2, -0.15) is 5.10 Å². The Morgan fingerprint density at radius 1 is 1.31 bits per heavy atom. The Bertz CT molecular complexity index is 1200. The highest BCUT2D eigenvalue weighted by Gasteiger charge is 2.31. The topological polar surface area (TPSA) is 130 Å². The number of nitrogens with two attached hydrogens (primary N) is 1. The molecule has 0 unspecified atom stereocenters. The molecule has 4 N–H and O–H groups in total. The number of aliphatic hydroxyl groups is 1. The minimum Gasteiger partial charge on any atom is -0.490 e. The predicted molar refractivity (Wildman–Crippen MR) is 130 cm³/mol. The van der Waals surface area contributed by atoms with E-state index in [4.69, 9.17) is 15.2 Å². The van der Waals surface area contributed by atoms with Gasteiger partial charge in [-0.3, -0.25) is 9.69 Å². The Morgan fingerprint density at radius 2 is 2.14 bits per heavy atom. The van der Waals surface area contributed by atoms with Gasteiger partial charge in [0.25, 0.3) is 0 Å². The van der Waals surface area contributed by atoms with Crippen LogP contribution in [0.3, 0.4) is 0 Å². The van der Waals surface area contributed by atoms with Crippen molar-refractivity contribution < 1.29 is 19.4 Å². The predicted octanol–water partition coefficient (Wildman–Crippen LogP) is 0.609. The lowest BCUT2D eigenvalue weighted by atomic mass is 9.93. The molecular formula is C24H31N7O4. The van der Waals surface area contributed by atoms with Crippen LogP contribution in [0.1, 0.15) is 18.1 Å². The third kappa shape index (κ3) is 5.31. The zero-order valence-electron chi connectivity index (χ0n) is 19.8. The van der Waals surface area contributed by atoms with Crippen LogP contribution < -0.4 is 20.7 Å². The van der Waals surface area contributed by atoms with Gasteiger partial charge in [0.1, 0.15) is 19.1 Å². The molecule has 0 aliphatic carbocycles. The number of aromatic nitrogens is 3. The van der Waals surface area contributed by atoms with E-state index in [2.05, 4.69) is 25.2 Å². The van der Waals surface area contributed by atoms with Crippen LogP contribution in [-0.4, -0.2) is 82.2 Å². The van der Waals surface area contributed by atoms with Gasteiger partial charge < -0.3 is 30.5 Å². The second-order valence-electron chi connectivity index (χ2n) is 9.40. The number of rotatable bonds is 8. The van der Waals surface area contributed by atoms with E-state index < -0.39 is 5.60 Å². The first-order valence-corrected chi connectivity index (χ1v) is 11.7. The molecule has 1 saturated heterocycles. The Balaban J connectivity index is 1.29. The molecular weight excluding hydrogens is 450 g/mol. The third-order valence-corrected chi connectivity index (χ3v) is 6.36. The van der Waals surface area contributed by atoms with Crippen molar-refractivity contribution in [1.82, 2.24) is 19.5 Å². The van der Waals surface area contributed by atoms with Gasteiger partial charge in [-0.25, -0.2) is 9.50 Å². The van der Waals surface area contributed by atoms with Crippen LogP contribution >= 0.6 is 0 Å². The van der Waals surface area contributed by atoms with Gasteiger partial charge in [-0.05, 0) is 24.6 Å². The zero-order valence-corrected chi connectivity index (χ0v) is 19.8. The average Bonchev–Trinajstić information content (AvgIpc) is 3.24. The fraction of sp³-hybridized carbons (Fsp3) is 0.458. The summed E-state index contributed by atoms with van der Waals surface area (Å²) in [5, 5.41) is 18.2. The van der Waals surface area contributed by atoms with Gasteiger partial charge in [0.15, 0.2) is 5.65 Å². The lowest BCUT2D eigenvalue weighted by Gasteiger charge is -2.38. The van der Waals surface area contributed by atoms with Crippen LogP contribution in [0.25, 0.3) is 5.65 Å². The van der Waals surface area contributed by atoms with E-state index >= 15 is 0 Å². The fourth-order valence-corrected chi connectivity index (χ4v) is 4.62. The summed E-state index contributed by atoms with van der Waals surface area (Å²) in [5.74, 6) is 0.476. The Hall–Kier alpha value is -3.41. The monoisotopic (exact) mass is 481 g/mol. The SMILES string of the molecule is C[C@@]1(O)COc2cc(N3CCN(CC(N)=O)CC3)c(NCOCc3cnn4cccnc34)cc2C1. The molecule has 35 heavy (non-hydrogen) atoms. The van der Waals surface area contributed by atoms with Crippen molar-refractivity contribution in [2.24, 2.45) is 5.73 Å². The first-order chi connectivity index (χ1) is 16.9. The smallest absolute Gasteiger partial charge is 0.231 e. The quantitative estimate of drug-likeness (QED) is 0.313. The molecule has 0 spiro atoms. The van der Waals surface area contributed by atoms with Crippen LogP contribution in [0.2, 0.25) is 0 Å². The first kappa shape index (κ1) is 23.3. The van der Waals surface area contributed by atoms with Gasteiger partial charge in [0.2, 0.25) is 5.91 Å². The number of nitrogens with zero attached hydrogens (tertiary/aromatic N) is 5. The molecule has 0 radical (unpaired) electrons. The molecule has 0 bridgehead atoms. The van der Waals surface area contributed by atoms with Crippen LogP contribution in [0.5, 0.6) is 5.75 Å². The minimum atomic E-state index is -0.904. The highest BCUT2D eigenvalue weighted by atomic mass is 16.5. The molecule has 5 rings (SSSR count). The number of carbonyl (C=O) groups excluding carboxylic acids is 1. The second kappa shape index (κ2) is 9.68. The lowest BCUT2D eigenvalue weighted by molar-refractivity contribution is -0.119. The summed E-state index contributed by atoms with van der Waals surface area (Å²) in [7, 11) is 0. The zero-order chi connectivity index (χ0) is 24.4. The first-order valence-electron chi connectivity index (χ1n) is 11.7.